The monoisotopic (exact) mass is 281 g/mol. The highest BCUT2D eigenvalue weighted by Crippen LogP contribution is 2.37. The Morgan fingerprint density at radius 2 is 2.05 bits per heavy atom. The Bertz CT molecular complexity index is 292. The second-order valence-corrected chi connectivity index (χ2v) is 7.16. The molecule has 4 atom stereocenters. The van der Waals surface area contributed by atoms with Gasteiger partial charge >= 0.3 is 0 Å². The zero-order valence-electron chi connectivity index (χ0n) is 13.1. The quantitative estimate of drug-likeness (QED) is 0.794. The number of rotatable bonds is 5. The predicted molar refractivity (Wildman–Crippen MR) is 82.0 cm³/mol. The van der Waals surface area contributed by atoms with Crippen LogP contribution in [0.15, 0.2) is 0 Å². The first kappa shape index (κ1) is 14.8. The molecule has 4 heteroatoms. The van der Waals surface area contributed by atoms with Gasteiger partial charge in [0.05, 0.1) is 13.2 Å². The number of piperidine rings is 1. The van der Waals surface area contributed by atoms with E-state index in [0.717, 1.165) is 37.8 Å². The molecule has 3 aliphatic heterocycles. The number of ether oxygens (including phenoxy) is 1. The molecular weight excluding hydrogens is 250 g/mol. The lowest BCUT2D eigenvalue weighted by Gasteiger charge is -2.37. The topological polar surface area (TPSA) is 36.5 Å². The van der Waals surface area contributed by atoms with Crippen molar-refractivity contribution in [3.8, 4) is 0 Å². The molecule has 3 rings (SSSR count). The van der Waals surface area contributed by atoms with Gasteiger partial charge in [0.2, 0.25) is 0 Å². The van der Waals surface area contributed by atoms with Gasteiger partial charge in [0, 0.05) is 30.7 Å². The fraction of sp³-hybridized carbons (Fsp3) is 1.00. The highest BCUT2D eigenvalue weighted by Gasteiger charge is 2.38. The molecular formula is C16H31N3O. The van der Waals surface area contributed by atoms with Crippen molar-refractivity contribution in [2.24, 2.45) is 5.92 Å². The zero-order valence-corrected chi connectivity index (χ0v) is 13.1. The van der Waals surface area contributed by atoms with Gasteiger partial charge in [-0.15, -0.1) is 0 Å². The Hall–Kier alpha value is -0.160. The highest BCUT2D eigenvalue weighted by molar-refractivity contribution is 4.94. The van der Waals surface area contributed by atoms with Crippen LogP contribution in [0.4, 0.5) is 0 Å². The Labute approximate surface area is 123 Å². The molecule has 2 N–H and O–H groups in total. The van der Waals surface area contributed by atoms with E-state index < -0.39 is 0 Å². The minimum absolute atomic E-state index is 0.542. The van der Waals surface area contributed by atoms with Crippen LogP contribution in [0.2, 0.25) is 0 Å². The van der Waals surface area contributed by atoms with Gasteiger partial charge < -0.3 is 20.3 Å². The molecule has 4 nitrogen and oxygen atoms in total. The van der Waals surface area contributed by atoms with Crippen LogP contribution in [0.5, 0.6) is 0 Å². The van der Waals surface area contributed by atoms with Crippen LogP contribution in [0.25, 0.3) is 0 Å². The van der Waals surface area contributed by atoms with E-state index in [1.165, 1.54) is 38.6 Å². The number of hydrogen-bond donors (Lipinski definition) is 2. The maximum absolute atomic E-state index is 5.53. The summed E-state index contributed by atoms with van der Waals surface area (Å²) in [4.78, 5) is 2.63. The molecule has 0 aromatic heterocycles. The number of nitrogens with one attached hydrogen (secondary N) is 2. The van der Waals surface area contributed by atoms with E-state index in [9.17, 15) is 0 Å². The van der Waals surface area contributed by atoms with Gasteiger partial charge in [-0.1, -0.05) is 0 Å². The van der Waals surface area contributed by atoms with Gasteiger partial charge in [0.25, 0.3) is 0 Å². The standard InChI is InChI=1S/C16H31N3O/c1-12(7-14-11-20-6-5-17-14)18-10-13-8-15-3-4-16(9-13)19(15)2/h12-18H,3-11H2,1-2H3. The van der Waals surface area contributed by atoms with Crippen molar-refractivity contribution in [1.29, 1.82) is 0 Å². The number of nitrogens with zero attached hydrogens (tertiary/aromatic N) is 1. The molecule has 0 aromatic rings. The SMILES string of the molecule is CC(CC1COCCN1)NCC1CC2CCC(C1)N2C. The molecule has 2 bridgehead atoms. The van der Waals surface area contributed by atoms with Crippen LogP contribution >= 0.6 is 0 Å². The third kappa shape index (κ3) is 3.53. The summed E-state index contributed by atoms with van der Waals surface area (Å²) in [5.41, 5.74) is 0. The largest absolute Gasteiger partial charge is 0.379 e. The Balaban J connectivity index is 1.36. The molecule has 0 amide bonds. The van der Waals surface area contributed by atoms with E-state index in [1.807, 2.05) is 0 Å². The maximum Gasteiger partial charge on any atom is 0.0620 e. The predicted octanol–water partition coefficient (Wildman–Crippen LogP) is 1.22. The fourth-order valence-electron chi connectivity index (χ4n) is 4.34. The summed E-state index contributed by atoms with van der Waals surface area (Å²) in [5, 5.41) is 7.32. The molecule has 3 saturated heterocycles. The summed E-state index contributed by atoms with van der Waals surface area (Å²) in [7, 11) is 2.32. The van der Waals surface area contributed by atoms with Crippen LogP contribution in [0, 0.1) is 5.92 Å². The van der Waals surface area contributed by atoms with Gasteiger partial charge in [0.15, 0.2) is 0 Å². The van der Waals surface area contributed by atoms with Crippen molar-refractivity contribution >= 4 is 0 Å². The first-order valence-corrected chi connectivity index (χ1v) is 8.49. The Kier molecular flexibility index (Phi) is 4.97. The van der Waals surface area contributed by atoms with Crippen LogP contribution in [0.1, 0.15) is 39.0 Å². The third-order valence-corrected chi connectivity index (χ3v) is 5.59. The van der Waals surface area contributed by atoms with Crippen LogP contribution in [-0.4, -0.2) is 62.4 Å². The highest BCUT2D eigenvalue weighted by atomic mass is 16.5. The summed E-state index contributed by atoms with van der Waals surface area (Å²) >= 11 is 0. The Morgan fingerprint density at radius 1 is 1.30 bits per heavy atom. The van der Waals surface area contributed by atoms with Crippen molar-refractivity contribution in [3.05, 3.63) is 0 Å². The van der Waals surface area contributed by atoms with E-state index in [1.54, 1.807) is 0 Å². The van der Waals surface area contributed by atoms with Gasteiger partial charge in [0.1, 0.15) is 0 Å². The summed E-state index contributed by atoms with van der Waals surface area (Å²) in [6.07, 6.45) is 6.83. The van der Waals surface area contributed by atoms with E-state index in [2.05, 4.69) is 29.5 Å². The molecule has 4 unspecified atom stereocenters. The normalized spacial score (nSPS) is 39.9. The van der Waals surface area contributed by atoms with Gasteiger partial charge in [-0.3, -0.25) is 0 Å². The van der Waals surface area contributed by atoms with E-state index in [-0.39, 0.29) is 0 Å². The number of morpholine rings is 1. The molecule has 0 radical (unpaired) electrons. The molecule has 20 heavy (non-hydrogen) atoms. The average Bonchev–Trinajstić information content (AvgIpc) is 2.68. The molecule has 0 saturated carbocycles. The average molecular weight is 281 g/mol. The van der Waals surface area contributed by atoms with E-state index >= 15 is 0 Å². The van der Waals surface area contributed by atoms with Crippen LogP contribution in [0.3, 0.4) is 0 Å². The van der Waals surface area contributed by atoms with Crippen molar-refractivity contribution in [2.75, 3.05) is 33.4 Å². The second kappa shape index (κ2) is 6.73. The second-order valence-electron chi connectivity index (χ2n) is 7.16. The minimum atomic E-state index is 0.542. The van der Waals surface area contributed by atoms with Crippen molar-refractivity contribution in [1.82, 2.24) is 15.5 Å². The molecule has 0 aliphatic carbocycles. The first-order valence-electron chi connectivity index (χ1n) is 8.49. The van der Waals surface area contributed by atoms with Gasteiger partial charge in [-0.25, -0.2) is 0 Å². The molecule has 3 aliphatic rings. The van der Waals surface area contributed by atoms with Gasteiger partial charge in [-0.2, -0.15) is 0 Å². The Morgan fingerprint density at radius 3 is 2.70 bits per heavy atom. The van der Waals surface area contributed by atoms with Crippen molar-refractivity contribution in [3.63, 3.8) is 0 Å². The van der Waals surface area contributed by atoms with Gasteiger partial charge in [-0.05, 0) is 58.5 Å². The molecule has 0 spiro atoms. The van der Waals surface area contributed by atoms with Crippen LogP contribution in [-0.2, 0) is 4.74 Å². The molecule has 116 valence electrons. The lowest BCUT2D eigenvalue weighted by molar-refractivity contribution is 0.0705. The van der Waals surface area contributed by atoms with Crippen molar-refractivity contribution < 1.29 is 4.74 Å². The lowest BCUT2D eigenvalue weighted by Crippen LogP contribution is -2.47. The van der Waals surface area contributed by atoms with Crippen LogP contribution < -0.4 is 10.6 Å². The third-order valence-electron chi connectivity index (χ3n) is 5.59. The summed E-state index contributed by atoms with van der Waals surface area (Å²) < 4.78 is 5.53. The summed E-state index contributed by atoms with van der Waals surface area (Å²) in [5.74, 6) is 0.890. The number of hydrogen-bond acceptors (Lipinski definition) is 4. The summed E-state index contributed by atoms with van der Waals surface area (Å²) in [6.45, 7) is 6.28. The fourth-order valence-corrected chi connectivity index (χ4v) is 4.34. The first-order chi connectivity index (χ1) is 9.72. The summed E-state index contributed by atoms with van der Waals surface area (Å²) in [6, 6.07) is 2.86. The maximum atomic E-state index is 5.53. The lowest BCUT2D eigenvalue weighted by atomic mass is 9.91. The van der Waals surface area contributed by atoms with Crippen molar-refractivity contribution in [2.45, 2.75) is 63.2 Å². The molecule has 3 fully saturated rings. The molecule has 3 heterocycles. The van der Waals surface area contributed by atoms with E-state index in [0.29, 0.717) is 12.1 Å². The molecule has 0 aromatic carbocycles. The van der Waals surface area contributed by atoms with E-state index in [4.69, 9.17) is 4.74 Å². The zero-order chi connectivity index (χ0) is 13.9. The smallest absolute Gasteiger partial charge is 0.0620 e. The minimum Gasteiger partial charge on any atom is -0.379 e. The number of fused-ring (bicyclic) bond motifs is 2.